The van der Waals surface area contributed by atoms with Gasteiger partial charge in [0.25, 0.3) is 0 Å². The van der Waals surface area contributed by atoms with Gasteiger partial charge in [-0.2, -0.15) is 0 Å². The Bertz CT molecular complexity index is 514. The first-order valence-electron chi connectivity index (χ1n) is 8.53. The van der Waals surface area contributed by atoms with Crippen molar-refractivity contribution < 1.29 is 14.6 Å². The maximum atomic E-state index is 12.6. The maximum absolute atomic E-state index is 12.6. The highest BCUT2D eigenvalue weighted by Crippen LogP contribution is 2.32. The Kier molecular flexibility index (Phi) is 5.30. The van der Waals surface area contributed by atoms with E-state index in [1.165, 1.54) is 0 Å². The molecule has 2 fully saturated rings. The molecule has 0 bridgehead atoms. The molecule has 0 spiro atoms. The second kappa shape index (κ2) is 7.43. The minimum Gasteiger partial charge on any atom is -0.392 e. The summed E-state index contributed by atoms with van der Waals surface area (Å²) >= 11 is 0. The SMILES string of the molecule is O=C(CN1CCCC(O)C1)NC1(c2ccccc2)CCOCC1. The molecule has 126 valence electrons. The van der Waals surface area contributed by atoms with E-state index in [-0.39, 0.29) is 17.6 Å². The summed E-state index contributed by atoms with van der Waals surface area (Å²) in [6.45, 7) is 3.16. The fourth-order valence-electron chi connectivity index (χ4n) is 3.65. The lowest BCUT2D eigenvalue weighted by molar-refractivity contribution is -0.126. The minimum absolute atomic E-state index is 0.0323. The zero-order chi connectivity index (χ0) is 16.1. The van der Waals surface area contributed by atoms with Crippen LogP contribution in [0.25, 0.3) is 0 Å². The highest BCUT2D eigenvalue weighted by Gasteiger charge is 2.36. The van der Waals surface area contributed by atoms with Gasteiger partial charge in [-0.3, -0.25) is 9.69 Å². The summed E-state index contributed by atoms with van der Waals surface area (Å²) in [6, 6.07) is 10.2. The van der Waals surface area contributed by atoms with Crippen LogP contribution in [-0.2, 0) is 15.1 Å². The lowest BCUT2D eigenvalue weighted by Gasteiger charge is -2.39. The monoisotopic (exact) mass is 318 g/mol. The van der Waals surface area contributed by atoms with Gasteiger partial charge in [0.15, 0.2) is 0 Å². The van der Waals surface area contributed by atoms with Gasteiger partial charge in [0.1, 0.15) is 0 Å². The number of benzene rings is 1. The van der Waals surface area contributed by atoms with Crippen molar-refractivity contribution in [3.8, 4) is 0 Å². The normalized spacial score (nSPS) is 25.0. The average Bonchev–Trinajstić information content (AvgIpc) is 2.56. The number of rotatable bonds is 4. The van der Waals surface area contributed by atoms with Crippen LogP contribution in [0, 0.1) is 0 Å². The number of ether oxygens (including phenoxy) is 1. The van der Waals surface area contributed by atoms with Gasteiger partial charge in [-0.1, -0.05) is 30.3 Å². The molecule has 2 aliphatic rings. The van der Waals surface area contributed by atoms with Crippen LogP contribution in [0.2, 0.25) is 0 Å². The quantitative estimate of drug-likeness (QED) is 0.877. The molecule has 5 nitrogen and oxygen atoms in total. The Morgan fingerprint density at radius 3 is 2.74 bits per heavy atom. The van der Waals surface area contributed by atoms with Gasteiger partial charge in [0.2, 0.25) is 5.91 Å². The molecule has 3 rings (SSSR count). The topological polar surface area (TPSA) is 61.8 Å². The first kappa shape index (κ1) is 16.4. The van der Waals surface area contributed by atoms with E-state index in [1.54, 1.807) is 0 Å². The van der Waals surface area contributed by atoms with Gasteiger partial charge in [-0.25, -0.2) is 0 Å². The number of aliphatic hydroxyl groups excluding tert-OH is 1. The lowest BCUT2D eigenvalue weighted by atomic mass is 9.82. The molecule has 1 unspecified atom stereocenters. The number of piperidine rings is 1. The first-order valence-corrected chi connectivity index (χ1v) is 8.53. The summed E-state index contributed by atoms with van der Waals surface area (Å²) in [5.41, 5.74) is 0.820. The van der Waals surface area contributed by atoms with E-state index in [0.29, 0.717) is 26.3 Å². The van der Waals surface area contributed by atoms with E-state index in [9.17, 15) is 9.90 Å². The minimum atomic E-state index is -0.328. The van der Waals surface area contributed by atoms with Crippen LogP contribution < -0.4 is 5.32 Å². The number of aliphatic hydroxyl groups is 1. The van der Waals surface area contributed by atoms with E-state index in [2.05, 4.69) is 17.4 Å². The van der Waals surface area contributed by atoms with Gasteiger partial charge >= 0.3 is 0 Å². The molecule has 1 atom stereocenters. The molecule has 1 aromatic carbocycles. The van der Waals surface area contributed by atoms with Crippen molar-refractivity contribution >= 4 is 5.91 Å². The molecule has 2 aliphatic heterocycles. The molecule has 5 heteroatoms. The molecule has 2 saturated heterocycles. The molecule has 1 aromatic rings. The van der Waals surface area contributed by atoms with Gasteiger partial charge in [-0.05, 0) is 37.8 Å². The predicted octanol–water partition coefficient (Wildman–Crippen LogP) is 1.27. The van der Waals surface area contributed by atoms with Gasteiger partial charge in [-0.15, -0.1) is 0 Å². The maximum Gasteiger partial charge on any atom is 0.234 e. The fourth-order valence-corrected chi connectivity index (χ4v) is 3.65. The van der Waals surface area contributed by atoms with Crippen LogP contribution in [-0.4, -0.2) is 54.9 Å². The van der Waals surface area contributed by atoms with Crippen LogP contribution in [0.1, 0.15) is 31.2 Å². The smallest absolute Gasteiger partial charge is 0.234 e. The van der Waals surface area contributed by atoms with Crippen molar-refractivity contribution in [1.29, 1.82) is 0 Å². The van der Waals surface area contributed by atoms with E-state index in [4.69, 9.17) is 4.74 Å². The number of β-amino-alcohol motifs (C(OH)–C–C–N with tert-alkyl or cyclic N) is 1. The Labute approximate surface area is 137 Å². The largest absolute Gasteiger partial charge is 0.392 e. The Morgan fingerprint density at radius 2 is 2.04 bits per heavy atom. The zero-order valence-electron chi connectivity index (χ0n) is 13.5. The molecule has 0 aliphatic carbocycles. The molecule has 0 aromatic heterocycles. The summed E-state index contributed by atoms with van der Waals surface area (Å²) in [5.74, 6) is 0.0323. The van der Waals surface area contributed by atoms with Crippen molar-refractivity contribution in [1.82, 2.24) is 10.2 Å². The van der Waals surface area contributed by atoms with Crippen LogP contribution in [0.15, 0.2) is 30.3 Å². The number of hydrogen-bond donors (Lipinski definition) is 2. The summed E-state index contributed by atoms with van der Waals surface area (Å²) in [6.07, 6.45) is 3.08. The number of nitrogens with zero attached hydrogens (tertiary/aromatic N) is 1. The second-order valence-corrected chi connectivity index (χ2v) is 6.64. The fraction of sp³-hybridized carbons (Fsp3) is 0.611. The molecule has 2 N–H and O–H groups in total. The van der Waals surface area contributed by atoms with Crippen molar-refractivity contribution in [2.45, 2.75) is 37.3 Å². The molecule has 2 heterocycles. The molecule has 1 amide bonds. The van der Waals surface area contributed by atoms with Crippen molar-refractivity contribution in [2.24, 2.45) is 0 Å². The van der Waals surface area contributed by atoms with Gasteiger partial charge < -0.3 is 15.2 Å². The Balaban J connectivity index is 1.67. The van der Waals surface area contributed by atoms with E-state index in [0.717, 1.165) is 37.8 Å². The zero-order valence-corrected chi connectivity index (χ0v) is 13.5. The highest BCUT2D eigenvalue weighted by atomic mass is 16.5. The Morgan fingerprint density at radius 1 is 1.30 bits per heavy atom. The van der Waals surface area contributed by atoms with Crippen LogP contribution in [0.5, 0.6) is 0 Å². The molecule has 0 saturated carbocycles. The summed E-state index contributed by atoms with van der Waals surface area (Å²) in [5, 5.41) is 13.0. The number of amides is 1. The lowest BCUT2D eigenvalue weighted by Crippen LogP contribution is -2.53. The molecular formula is C18H26N2O3. The molecule has 23 heavy (non-hydrogen) atoms. The number of hydrogen-bond acceptors (Lipinski definition) is 4. The van der Waals surface area contributed by atoms with Gasteiger partial charge in [0, 0.05) is 19.8 Å². The second-order valence-electron chi connectivity index (χ2n) is 6.64. The standard InChI is InChI=1S/C18H26N2O3/c21-16-7-4-10-20(13-16)14-17(22)19-18(8-11-23-12-9-18)15-5-2-1-3-6-15/h1-3,5-6,16,21H,4,7-14H2,(H,19,22). The number of carbonyl (C=O) groups excluding carboxylic acids is 1. The number of likely N-dealkylation sites (tertiary alicyclic amines) is 1. The van der Waals surface area contributed by atoms with Crippen LogP contribution in [0.4, 0.5) is 0 Å². The van der Waals surface area contributed by atoms with E-state index >= 15 is 0 Å². The third-order valence-corrected chi connectivity index (χ3v) is 4.90. The summed E-state index contributed by atoms with van der Waals surface area (Å²) in [4.78, 5) is 14.6. The summed E-state index contributed by atoms with van der Waals surface area (Å²) < 4.78 is 5.50. The number of carbonyl (C=O) groups is 1. The van der Waals surface area contributed by atoms with Crippen molar-refractivity contribution in [3.63, 3.8) is 0 Å². The molecule has 0 radical (unpaired) electrons. The van der Waals surface area contributed by atoms with Crippen molar-refractivity contribution in [2.75, 3.05) is 32.8 Å². The average molecular weight is 318 g/mol. The highest BCUT2D eigenvalue weighted by molar-refractivity contribution is 5.79. The first-order chi connectivity index (χ1) is 11.2. The van der Waals surface area contributed by atoms with E-state index in [1.807, 2.05) is 23.1 Å². The van der Waals surface area contributed by atoms with Crippen LogP contribution >= 0.6 is 0 Å². The third-order valence-electron chi connectivity index (χ3n) is 4.90. The predicted molar refractivity (Wildman–Crippen MR) is 88.0 cm³/mol. The number of nitrogens with one attached hydrogen (secondary N) is 1. The van der Waals surface area contributed by atoms with E-state index < -0.39 is 0 Å². The molecular weight excluding hydrogens is 292 g/mol. The van der Waals surface area contributed by atoms with Crippen LogP contribution in [0.3, 0.4) is 0 Å². The van der Waals surface area contributed by atoms with Crippen molar-refractivity contribution in [3.05, 3.63) is 35.9 Å². The third kappa shape index (κ3) is 4.10. The Hall–Kier alpha value is -1.43. The van der Waals surface area contributed by atoms with Gasteiger partial charge in [0.05, 0.1) is 18.2 Å². The summed E-state index contributed by atoms with van der Waals surface area (Å²) in [7, 11) is 0.